The highest BCUT2D eigenvalue weighted by Gasteiger charge is 2.23. The molecule has 1 fully saturated rings. The molecule has 4 nitrogen and oxygen atoms in total. The molecule has 0 aliphatic heterocycles. The van der Waals surface area contributed by atoms with Gasteiger partial charge in [0.15, 0.2) is 0 Å². The van der Waals surface area contributed by atoms with E-state index in [2.05, 4.69) is 22.4 Å². The minimum absolute atomic E-state index is 0.473. The Morgan fingerprint density at radius 3 is 2.81 bits per heavy atom. The average Bonchev–Trinajstić information content (AvgIpc) is 2.33. The predicted molar refractivity (Wildman–Crippen MR) is 66.1 cm³/mol. The maximum Gasteiger partial charge on any atom is 0.149 e. The van der Waals surface area contributed by atoms with Crippen molar-refractivity contribution in [2.24, 2.45) is 5.92 Å². The molecule has 0 radical (unpaired) electrons. The van der Waals surface area contributed by atoms with E-state index >= 15 is 0 Å². The summed E-state index contributed by atoms with van der Waals surface area (Å²) in [5.74, 6) is 2.09. The second kappa shape index (κ2) is 5.14. The van der Waals surface area contributed by atoms with Crippen LogP contribution in [0.1, 0.15) is 39.0 Å². The van der Waals surface area contributed by atoms with E-state index in [0.717, 1.165) is 11.7 Å². The van der Waals surface area contributed by atoms with Crippen molar-refractivity contribution in [1.82, 2.24) is 10.2 Å². The van der Waals surface area contributed by atoms with E-state index in [-0.39, 0.29) is 0 Å². The Hall–Kier alpha value is -1.32. The van der Waals surface area contributed by atoms with E-state index in [1.54, 1.807) is 6.07 Å². The van der Waals surface area contributed by atoms with E-state index in [9.17, 15) is 0 Å². The summed E-state index contributed by atoms with van der Waals surface area (Å²) in [5, 5.41) is 11.4. The van der Waals surface area contributed by atoms with Crippen LogP contribution < -0.4 is 11.1 Å². The second-order valence-electron chi connectivity index (χ2n) is 4.55. The Balaban J connectivity index is 1.99. The van der Waals surface area contributed by atoms with Crippen molar-refractivity contribution >= 4 is 11.6 Å². The summed E-state index contributed by atoms with van der Waals surface area (Å²) < 4.78 is 0. The lowest BCUT2D eigenvalue weighted by Gasteiger charge is -2.31. The van der Waals surface area contributed by atoms with Crippen molar-refractivity contribution in [3.63, 3.8) is 0 Å². The zero-order valence-electron chi connectivity index (χ0n) is 9.82. The lowest BCUT2D eigenvalue weighted by molar-refractivity contribution is 0.316. The first-order chi connectivity index (χ1) is 7.79. The Morgan fingerprint density at radius 1 is 1.31 bits per heavy atom. The molecule has 2 rings (SSSR count). The first-order valence-electron chi connectivity index (χ1n) is 6.15. The molecular weight excluding hydrogens is 200 g/mol. The topological polar surface area (TPSA) is 63.8 Å². The van der Waals surface area contributed by atoms with E-state index in [1.165, 1.54) is 32.1 Å². The summed E-state index contributed by atoms with van der Waals surface area (Å²) in [5.41, 5.74) is 5.51. The molecule has 3 N–H and O–H groups in total. The van der Waals surface area contributed by atoms with Crippen LogP contribution in [-0.2, 0) is 0 Å². The highest BCUT2D eigenvalue weighted by molar-refractivity contribution is 5.39. The van der Waals surface area contributed by atoms with Crippen molar-refractivity contribution in [3.8, 4) is 0 Å². The minimum Gasteiger partial charge on any atom is -0.382 e. The maximum absolute atomic E-state index is 5.51. The largest absolute Gasteiger partial charge is 0.382 e. The van der Waals surface area contributed by atoms with Crippen molar-refractivity contribution in [3.05, 3.63) is 12.1 Å². The standard InChI is InChI=1S/C12H20N4/c1-2-9-5-3-4-6-10(9)14-12-8-7-11(13)15-16-12/h7-10H,2-6H2,1H3,(H2,13,15)(H,14,16). The minimum atomic E-state index is 0.473. The van der Waals surface area contributed by atoms with Crippen LogP contribution in [0.4, 0.5) is 11.6 Å². The summed E-state index contributed by atoms with van der Waals surface area (Å²) in [6, 6.07) is 4.25. The van der Waals surface area contributed by atoms with Crippen molar-refractivity contribution in [2.45, 2.75) is 45.1 Å². The molecule has 16 heavy (non-hydrogen) atoms. The predicted octanol–water partition coefficient (Wildman–Crippen LogP) is 2.44. The third-order valence-electron chi connectivity index (χ3n) is 3.45. The molecule has 2 unspecified atom stereocenters. The summed E-state index contributed by atoms with van der Waals surface area (Å²) >= 11 is 0. The van der Waals surface area contributed by atoms with Gasteiger partial charge in [-0.25, -0.2) is 0 Å². The first kappa shape index (κ1) is 11.2. The van der Waals surface area contributed by atoms with Gasteiger partial charge in [0.05, 0.1) is 0 Å². The highest BCUT2D eigenvalue weighted by Crippen LogP contribution is 2.28. The van der Waals surface area contributed by atoms with Crippen LogP contribution >= 0.6 is 0 Å². The molecular formula is C12H20N4. The van der Waals surface area contributed by atoms with E-state index < -0.39 is 0 Å². The lowest BCUT2D eigenvalue weighted by Crippen LogP contribution is -2.32. The van der Waals surface area contributed by atoms with Crippen LogP contribution in [-0.4, -0.2) is 16.2 Å². The number of aromatic nitrogens is 2. The highest BCUT2D eigenvalue weighted by atomic mass is 15.2. The molecule has 4 heteroatoms. The Labute approximate surface area is 96.6 Å². The summed E-state index contributed by atoms with van der Waals surface area (Å²) in [4.78, 5) is 0. The molecule has 0 amide bonds. The molecule has 1 aromatic rings. The Bertz CT molecular complexity index is 322. The van der Waals surface area contributed by atoms with Gasteiger partial charge >= 0.3 is 0 Å². The molecule has 1 aromatic heterocycles. The number of rotatable bonds is 3. The van der Waals surface area contributed by atoms with Crippen LogP contribution in [0.25, 0.3) is 0 Å². The van der Waals surface area contributed by atoms with Crippen molar-refractivity contribution in [2.75, 3.05) is 11.1 Å². The molecule has 0 aromatic carbocycles. The Kier molecular flexibility index (Phi) is 3.59. The van der Waals surface area contributed by atoms with Crippen LogP contribution in [0.3, 0.4) is 0 Å². The maximum atomic E-state index is 5.51. The number of nitrogens with zero attached hydrogens (tertiary/aromatic N) is 2. The number of anilines is 2. The van der Waals surface area contributed by atoms with Crippen LogP contribution in [0, 0.1) is 5.92 Å². The molecule has 0 spiro atoms. The van der Waals surface area contributed by atoms with Crippen LogP contribution in [0.2, 0.25) is 0 Å². The summed E-state index contributed by atoms with van der Waals surface area (Å²) in [6.07, 6.45) is 6.49. The van der Waals surface area contributed by atoms with E-state index in [0.29, 0.717) is 11.9 Å². The third kappa shape index (κ3) is 2.62. The number of hydrogen-bond acceptors (Lipinski definition) is 4. The van der Waals surface area contributed by atoms with Crippen LogP contribution in [0.15, 0.2) is 12.1 Å². The fourth-order valence-corrected chi connectivity index (χ4v) is 2.50. The quantitative estimate of drug-likeness (QED) is 0.821. The monoisotopic (exact) mass is 220 g/mol. The van der Waals surface area contributed by atoms with Gasteiger partial charge in [0, 0.05) is 6.04 Å². The summed E-state index contributed by atoms with van der Waals surface area (Å²) in [6.45, 7) is 2.26. The number of nitrogen functional groups attached to an aromatic ring is 1. The zero-order valence-corrected chi connectivity index (χ0v) is 9.82. The van der Waals surface area contributed by atoms with Gasteiger partial charge in [0.1, 0.15) is 11.6 Å². The van der Waals surface area contributed by atoms with Gasteiger partial charge in [-0.2, -0.15) is 0 Å². The second-order valence-corrected chi connectivity index (χ2v) is 4.55. The van der Waals surface area contributed by atoms with Gasteiger partial charge in [-0.1, -0.05) is 26.2 Å². The van der Waals surface area contributed by atoms with E-state index in [4.69, 9.17) is 5.73 Å². The molecule has 1 aliphatic rings. The van der Waals surface area contributed by atoms with Gasteiger partial charge in [-0.3, -0.25) is 0 Å². The molecule has 0 bridgehead atoms. The lowest BCUT2D eigenvalue weighted by atomic mass is 9.83. The normalized spacial score (nSPS) is 25.3. The number of nitrogens with one attached hydrogen (secondary N) is 1. The summed E-state index contributed by atoms with van der Waals surface area (Å²) in [7, 11) is 0. The number of hydrogen-bond donors (Lipinski definition) is 2. The van der Waals surface area contributed by atoms with Gasteiger partial charge < -0.3 is 11.1 Å². The zero-order chi connectivity index (χ0) is 11.4. The van der Waals surface area contributed by atoms with Gasteiger partial charge in [-0.05, 0) is 30.9 Å². The SMILES string of the molecule is CCC1CCCCC1Nc1ccc(N)nn1. The Morgan fingerprint density at radius 2 is 2.12 bits per heavy atom. The smallest absolute Gasteiger partial charge is 0.149 e. The van der Waals surface area contributed by atoms with Crippen molar-refractivity contribution in [1.29, 1.82) is 0 Å². The van der Waals surface area contributed by atoms with Crippen molar-refractivity contribution < 1.29 is 0 Å². The molecule has 0 saturated heterocycles. The average molecular weight is 220 g/mol. The molecule has 2 atom stereocenters. The number of nitrogens with two attached hydrogens (primary N) is 1. The molecule has 1 aliphatic carbocycles. The van der Waals surface area contributed by atoms with E-state index in [1.807, 2.05) is 6.07 Å². The fraction of sp³-hybridized carbons (Fsp3) is 0.667. The van der Waals surface area contributed by atoms with Gasteiger partial charge in [-0.15, -0.1) is 10.2 Å². The molecule has 88 valence electrons. The van der Waals surface area contributed by atoms with Gasteiger partial charge in [0.25, 0.3) is 0 Å². The first-order valence-corrected chi connectivity index (χ1v) is 6.15. The van der Waals surface area contributed by atoms with Crippen LogP contribution in [0.5, 0.6) is 0 Å². The fourth-order valence-electron chi connectivity index (χ4n) is 2.50. The molecule has 1 saturated carbocycles. The third-order valence-corrected chi connectivity index (χ3v) is 3.45. The molecule has 1 heterocycles. The van der Waals surface area contributed by atoms with Gasteiger partial charge in [0.2, 0.25) is 0 Å².